The number of rotatable bonds is 12. The van der Waals surface area contributed by atoms with Gasteiger partial charge in [0.1, 0.15) is 0 Å². The topological polar surface area (TPSA) is 95.3 Å². The summed E-state index contributed by atoms with van der Waals surface area (Å²) in [7, 11) is -3.22. The molecule has 146 valence electrons. The lowest BCUT2D eigenvalue weighted by molar-refractivity contribution is 0.0459. The Morgan fingerprint density at radius 2 is 1.80 bits per heavy atom. The SMILES string of the molecule is CC(C)S(=O)(=O)NCCOCCOCCn1cc(CC(C)(C)C)nn1. The van der Waals surface area contributed by atoms with Crippen LogP contribution >= 0.6 is 0 Å². The second-order valence-corrected chi connectivity index (χ2v) is 9.74. The first-order valence-electron chi connectivity index (χ1n) is 8.63. The lowest BCUT2D eigenvalue weighted by Crippen LogP contribution is -2.33. The smallest absolute Gasteiger partial charge is 0.214 e. The van der Waals surface area contributed by atoms with E-state index in [1.165, 1.54) is 0 Å². The van der Waals surface area contributed by atoms with Crippen molar-refractivity contribution in [2.45, 2.75) is 52.8 Å². The summed E-state index contributed by atoms with van der Waals surface area (Å²) in [5.74, 6) is 0. The van der Waals surface area contributed by atoms with Crippen LogP contribution in [-0.4, -0.2) is 61.6 Å². The third kappa shape index (κ3) is 9.88. The lowest BCUT2D eigenvalue weighted by atomic mass is 9.91. The van der Waals surface area contributed by atoms with Crippen LogP contribution in [-0.2, 0) is 32.5 Å². The van der Waals surface area contributed by atoms with Crippen molar-refractivity contribution in [2.75, 3.05) is 33.0 Å². The molecule has 0 atom stereocenters. The Morgan fingerprint density at radius 1 is 1.16 bits per heavy atom. The lowest BCUT2D eigenvalue weighted by Gasteiger charge is -2.15. The summed E-state index contributed by atoms with van der Waals surface area (Å²) in [4.78, 5) is 0. The fraction of sp³-hybridized carbons (Fsp3) is 0.875. The first-order chi connectivity index (χ1) is 11.6. The van der Waals surface area contributed by atoms with E-state index in [1.807, 2.05) is 6.20 Å². The second-order valence-electron chi connectivity index (χ2n) is 7.42. The molecule has 0 saturated heterocycles. The van der Waals surface area contributed by atoms with Gasteiger partial charge < -0.3 is 9.47 Å². The molecular weight excluding hydrogens is 344 g/mol. The molecule has 9 heteroatoms. The minimum Gasteiger partial charge on any atom is -0.378 e. The Labute approximate surface area is 151 Å². The highest BCUT2D eigenvalue weighted by atomic mass is 32.2. The molecule has 1 aromatic heterocycles. The number of hydrogen-bond donors (Lipinski definition) is 1. The van der Waals surface area contributed by atoms with Gasteiger partial charge in [0, 0.05) is 12.7 Å². The molecule has 0 fully saturated rings. The van der Waals surface area contributed by atoms with Gasteiger partial charge in [-0.1, -0.05) is 26.0 Å². The number of nitrogens with one attached hydrogen (secondary N) is 1. The Morgan fingerprint density at radius 3 is 2.40 bits per heavy atom. The van der Waals surface area contributed by atoms with Crippen molar-refractivity contribution in [1.29, 1.82) is 0 Å². The van der Waals surface area contributed by atoms with Crippen molar-refractivity contribution in [3.63, 3.8) is 0 Å². The molecule has 1 rings (SSSR count). The Balaban J connectivity index is 2.04. The van der Waals surface area contributed by atoms with Gasteiger partial charge in [-0.2, -0.15) is 0 Å². The van der Waals surface area contributed by atoms with Gasteiger partial charge in [0.2, 0.25) is 10.0 Å². The summed E-state index contributed by atoms with van der Waals surface area (Å²) in [6.07, 6.45) is 2.84. The molecule has 0 bridgehead atoms. The molecule has 0 unspecified atom stereocenters. The average molecular weight is 377 g/mol. The Hall–Kier alpha value is -1.03. The molecule has 1 aromatic rings. The maximum Gasteiger partial charge on any atom is 0.214 e. The summed E-state index contributed by atoms with van der Waals surface area (Å²) >= 11 is 0. The molecule has 0 amide bonds. The third-order valence-corrected chi connectivity index (χ3v) is 5.15. The Bertz CT molecular complexity index is 594. The molecule has 0 aliphatic carbocycles. The van der Waals surface area contributed by atoms with Gasteiger partial charge in [-0.25, -0.2) is 17.8 Å². The zero-order chi connectivity index (χ0) is 18.9. The summed E-state index contributed by atoms with van der Waals surface area (Å²) < 4.78 is 38.1. The van der Waals surface area contributed by atoms with E-state index in [-0.39, 0.29) is 12.0 Å². The van der Waals surface area contributed by atoms with E-state index in [1.54, 1.807) is 18.5 Å². The van der Waals surface area contributed by atoms with Gasteiger partial charge in [0.05, 0.1) is 43.9 Å². The van der Waals surface area contributed by atoms with Crippen LogP contribution < -0.4 is 4.72 Å². The van der Waals surface area contributed by atoms with Crippen LogP contribution in [0.15, 0.2) is 6.20 Å². The van der Waals surface area contributed by atoms with E-state index in [0.29, 0.717) is 33.0 Å². The van der Waals surface area contributed by atoms with Crippen molar-refractivity contribution in [1.82, 2.24) is 19.7 Å². The van der Waals surface area contributed by atoms with Crippen molar-refractivity contribution in [3.05, 3.63) is 11.9 Å². The van der Waals surface area contributed by atoms with E-state index in [9.17, 15) is 8.42 Å². The second kappa shape index (κ2) is 10.2. The summed E-state index contributed by atoms with van der Waals surface area (Å²) in [6.45, 7) is 12.4. The van der Waals surface area contributed by atoms with E-state index in [4.69, 9.17) is 9.47 Å². The highest BCUT2D eigenvalue weighted by molar-refractivity contribution is 7.90. The third-order valence-electron chi connectivity index (χ3n) is 3.30. The predicted octanol–water partition coefficient (Wildman–Crippen LogP) is 1.23. The number of aromatic nitrogens is 3. The zero-order valence-electron chi connectivity index (χ0n) is 16.0. The van der Waals surface area contributed by atoms with Crippen LogP contribution in [0.1, 0.15) is 40.3 Å². The van der Waals surface area contributed by atoms with Gasteiger partial charge in [-0.3, -0.25) is 0 Å². The van der Waals surface area contributed by atoms with E-state index >= 15 is 0 Å². The van der Waals surface area contributed by atoms with Crippen LogP contribution in [0.25, 0.3) is 0 Å². The fourth-order valence-electron chi connectivity index (χ4n) is 1.97. The Kier molecular flexibility index (Phi) is 8.98. The normalized spacial score (nSPS) is 12.9. The summed E-state index contributed by atoms with van der Waals surface area (Å²) in [5.41, 5.74) is 1.18. The fourth-order valence-corrected chi connectivity index (χ4v) is 2.68. The van der Waals surface area contributed by atoms with Gasteiger partial charge >= 0.3 is 0 Å². The molecule has 1 N–H and O–H groups in total. The minimum atomic E-state index is -3.22. The van der Waals surface area contributed by atoms with E-state index in [0.717, 1.165) is 12.1 Å². The standard InChI is InChI=1S/C16H32N4O4S/c1-14(2)25(21,22)17-6-8-23-10-11-24-9-7-20-13-15(18-19-20)12-16(3,4)5/h13-14,17H,6-12H2,1-5H3. The molecule has 25 heavy (non-hydrogen) atoms. The molecule has 0 aliphatic heterocycles. The molecule has 0 aromatic carbocycles. The van der Waals surface area contributed by atoms with Crippen LogP contribution in [0, 0.1) is 5.41 Å². The van der Waals surface area contributed by atoms with Crippen molar-refractivity contribution < 1.29 is 17.9 Å². The highest BCUT2D eigenvalue weighted by Gasteiger charge is 2.14. The zero-order valence-corrected chi connectivity index (χ0v) is 16.8. The maximum absolute atomic E-state index is 11.5. The van der Waals surface area contributed by atoms with E-state index < -0.39 is 15.3 Å². The average Bonchev–Trinajstić information content (AvgIpc) is 2.90. The monoisotopic (exact) mass is 376 g/mol. The van der Waals surface area contributed by atoms with Gasteiger partial charge in [0.15, 0.2) is 0 Å². The molecular formula is C16H32N4O4S. The highest BCUT2D eigenvalue weighted by Crippen LogP contribution is 2.18. The van der Waals surface area contributed by atoms with Crippen molar-refractivity contribution in [2.24, 2.45) is 5.41 Å². The molecule has 0 radical (unpaired) electrons. The number of sulfonamides is 1. The summed E-state index contributed by atoms with van der Waals surface area (Å²) in [6, 6.07) is 0. The van der Waals surface area contributed by atoms with Crippen LogP contribution in [0.2, 0.25) is 0 Å². The van der Waals surface area contributed by atoms with Crippen molar-refractivity contribution >= 4 is 10.0 Å². The van der Waals surface area contributed by atoms with Crippen molar-refractivity contribution in [3.8, 4) is 0 Å². The van der Waals surface area contributed by atoms with Gasteiger partial charge in [-0.15, -0.1) is 5.10 Å². The number of nitrogens with zero attached hydrogens (tertiary/aromatic N) is 3. The first-order valence-corrected chi connectivity index (χ1v) is 10.2. The predicted molar refractivity (Wildman–Crippen MR) is 96.9 cm³/mol. The van der Waals surface area contributed by atoms with Gasteiger partial charge in [0.25, 0.3) is 0 Å². The molecule has 8 nitrogen and oxygen atoms in total. The largest absolute Gasteiger partial charge is 0.378 e. The van der Waals surface area contributed by atoms with E-state index in [2.05, 4.69) is 35.8 Å². The molecule has 0 aliphatic rings. The molecule has 0 saturated carbocycles. The van der Waals surface area contributed by atoms with Gasteiger partial charge in [-0.05, 0) is 25.7 Å². The quantitative estimate of drug-likeness (QED) is 0.551. The summed E-state index contributed by atoms with van der Waals surface area (Å²) in [5, 5.41) is 7.81. The molecule has 0 spiro atoms. The molecule has 1 heterocycles. The first kappa shape index (κ1) is 22.0. The number of ether oxygens (including phenoxy) is 2. The van der Waals surface area contributed by atoms with Crippen LogP contribution in [0.5, 0.6) is 0 Å². The minimum absolute atomic E-state index is 0.193. The number of hydrogen-bond acceptors (Lipinski definition) is 6. The maximum atomic E-state index is 11.5. The van der Waals surface area contributed by atoms with Crippen LogP contribution in [0.4, 0.5) is 0 Å². The van der Waals surface area contributed by atoms with Crippen LogP contribution in [0.3, 0.4) is 0 Å².